The molecule has 0 unspecified atom stereocenters. The Kier molecular flexibility index (Phi) is 5.34. The number of urea groups is 1. The van der Waals surface area contributed by atoms with Crippen molar-refractivity contribution >= 4 is 34.2 Å². The smallest absolute Gasteiger partial charge is 0.323 e. The molecule has 1 aliphatic heterocycles. The second kappa shape index (κ2) is 7.79. The van der Waals surface area contributed by atoms with E-state index in [1.165, 1.54) is 11.3 Å². The summed E-state index contributed by atoms with van der Waals surface area (Å²) in [6.07, 6.45) is 8.09. The number of anilines is 1. The number of carbonyl (C=O) groups excluding carboxylic acids is 3. The van der Waals surface area contributed by atoms with E-state index in [1.807, 2.05) is 0 Å². The summed E-state index contributed by atoms with van der Waals surface area (Å²) in [5, 5.41) is 15.7. The summed E-state index contributed by atoms with van der Waals surface area (Å²) in [4.78, 5) is 40.2. The number of rotatable bonds is 4. The van der Waals surface area contributed by atoms with Crippen LogP contribution < -0.4 is 10.6 Å². The van der Waals surface area contributed by atoms with Crippen molar-refractivity contribution in [2.75, 3.05) is 11.9 Å². The number of hydrogen-bond donors (Lipinski definition) is 2. The molecule has 4 rings (SSSR count). The zero-order valence-electron chi connectivity index (χ0n) is 16.7. The summed E-state index contributed by atoms with van der Waals surface area (Å²) in [7, 11) is 0. The van der Waals surface area contributed by atoms with Crippen LogP contribution in [-0.2, 0) is 22.4 Å². The van der Waals surface area contributed by atoms with Gasteiger partial charge in [-0.3, -0.25) is 14.5 Å². The van der Waals surface area contributed by atoms with Crippen molar-refractivity contribution in [3.05, 3.63) is 16.0 Å². The fraction of sp³-hybridized carbons (Fsp3) is 0.619. The van der Waals surface area contributed by atoms with E-state index in [2.05, 4.69) is 23.6 Å². The topological polar surface area (TPSA) is 102 Å². The zero-order chi connectivity index (χ0) is 20.6. The van der Waals surface area contributed by atoms with Crippen LogP contribution in [0.4, 0.5) is 9.80 Å². The summed E-state index contributed by atoms with van der Waals surface area (Å²) >= 11 is 1.44. The summed E-state index contributed by atoms with van der Waals surface area (Å²) in [5.41, 5.74) is 0.730. The van der Waals surface area contributed by atoms with Crippen LogP contribution in [0.5, 0.6) is 0 Å². The Balaban J connectivity index is 1.44. The van der Waals surface area contributed by atoms with E-state index >= 15 is 0 Å². The number of carbonyl (C=O) groups is 3. The minimum Gasteiger partial charge on any atom is -0.323 e. The molecule has 0 bridgehead atoms. The standard InChI is InChI=1S/C21H26N4O3S/c1-2-13-7-9-21(10-8-13)19(27)25(20(28)24-21)12-17(26)23-18-15(11-22)14-5-3-4-6-16(14)29-18/h13H,2-10,12H2,1H3,(H,23,26)(H,24,28). The van der Waals surface area contributed by atoms with Crippen LogP contribution in [0.15, 0.2) is 0 Å². The average molecular weight is 415 g/mol. The first-order valence-corrected chi connectivity index (χ1v) is 11.3. The van der Waals surface area contributed by atoms with Crippen LogP contribution >= 0.6 is 11.3 Å². The van der Waals surface area contributed by atoms with E-state index in [1.54, 1.807) is 0 Å². The number of nitrogens with zero attached hydrogens (tertiary/aromatic N) is 2. The third kappa shape index (κ3) is 3.52. The van der Waals surface area contributed by atoms with E-state index in [-0.39, 0.29) is 12.5 Å². The highest BCUT2D eigenvalue weighted by Crippen LogP contribution is 2.39. The Labute approximate surface area is 174 Å². The number of nitrogens with one attached hydrogen (secondary N) is 2. The van der Waals surface area contributed by atoms with E-state index < -0.39 is 17.5 Å². The Hall–Kier alpha value is -2.40. The number of nitriles is 1. The maximum Gasteiger partial charge on any atom is 0.325 e. The molecule has 3 aliphatic rings. The number of aryl methyl sites for hydroxylation is 1. The number of amides is 4. The lowest BCUT2D eigenvalue weighted by Gasteiger charge is -2.34. The molecule has 1 aromatic rings. The largest absolute Gasteiger partial charge is 0.325 e. The highest BCUT2D eigenvalue weighted by Gasteiger charge is 2.52. The van der Waals surface area contributed by atoms with Gasteiger partial charge in [-0.2, -0.15) is 5.26 Å². The van der Waals surface area contributed by atoms with Gasteiger partial charge >= 0.3 is 6.03 Å². The molecule has 2 aliphatic carbocycles. The molecule has 1 saturated heterocycles. The third-order valence-electron chi connectivity index (χ3n) is 6.62. The van der Waals surface area contributed by atoms with Crippen LogP contribution in [0.2, 0.25) is 0 Å². The molecule has 7 nitrogen and oxygen atoms in total. The highest BCUT2D eigenvalue weighted by atomic mass is 32.1. The van der Waals surface area contributed by atoms with E-state index in [0.717, 1.165) is 60.3 Å². The van der Waals surface area contributed by atoms with Crippen LogP contribution in [0.25, 0.3) is 0 Å². The van der Waals surface area contributed by atoms with Crippen LogP contribution in [0.1, 0.15) is 67.9 Å². The van der Waals surface area contributed by atoms with Crippen molar-refractivity contribution in [2.45, 2.75) is 70.3 Å². The van der Waals surface area contributed by atoms with Gasteiger partial charge in [0, 0.05) is 4.88 Å². The second-order valence-corrected chi connectivity index (χ2v) is 9.44. The van der Waals surface area contributed by atoms with Crippen LogP contribution in [-0.4, -0.2) is 34.8 Å². The Morgan fingerprint density at radius 3 is 2.72 bits per heavy atom. The first-order chi connectivity index (χ1) is 14.0. The lowest BCUT2D eigenvalue weighted by molar-refractivity contribution is -0.135. The third-order valence-corrected chi connectivity index (χ3v) is 7.83. The molecule has 2 N–H and O–H groups in total. The SMILES string of the molecule is CCC1CCC2(CC1)NC(=O)N(CC(=O)Nc1sc3c(c1C#N)CCCC3)C2=O. The molecule has 154 valence electrons. The second-order valence-electron chi connectivity index (χ2n) is 8.33. The fourth-order valence-electron chi connectivity index (χ4n) is 4.82. The summed E-state index contributed by atoms with van der Waals surface area (Å²) in [6, 6.07) is 1.72. The quantitative estimate of drug-likeness (QED) is 0.738. The van der Waals surface area contributed by atoms with Crippen molar-refractivity contribution in [3.63, 3.8) is 0 Å². The number of fused-ring (bicyclic) bond motifs is 1. The Morgan fingerprint density at radius 1 is 1.31 bits per heavy atom. The molecule has 1 spiro atoms. The Bertz CT molecular complexity index is 892. The maximum absolute atomic E-state index is 13.0. The average Bonchev–Trinajstić information content (AvgIpc) is 3.18. The van der Waals surface area contributed by atoms with Crippen LogP contribution in [0.3, 0.4) is 0 Å². The molecule has 29 heavy (non-hydrogen) atoms. The minimum atomic E-state index is -0.844. The molecule has 8 heteroatoms. The van der Waals surface area contributed by atoms with Gasteiger partial charge in [0.1, 0.15) is 23.2 Å². The molecule has 4 amide bonds. The summed E-state index contributed by atoms with van der Waals surface area (Å²) in [5.74, 6) is -0.141. The van der Waals surface area contributed by atoms with Crippen molar-refractivity contribution in [3.8, 4) is 6.07 Å². The predicted octanol–water partition coefficient (Wildman–Crippen LogP) is 3.33. The van der Waals surface area contributed by atoms with Gasteiger partial charge in [0.15, 0.2) is 0 Å². The zero-order valence-corrected chi connectivity index (χ0v) is 17.5. The lowest BCUT2D eigenvalue weighted by atomic mass is 9.75. The minimum absolute atomic E-state index is 0.293. The molecular formula is C21H26N4O3S. The maximum atomic E-state index is 13.0. The van der Waals surface area contributed by atoms with Gasteiger partial charge in [-0.05, 0) is 62.8 Å². The number of imide groups is 1. The van der Waals surface area contributed by atoms with Gasteiger partial charge < -0.3 is 10.6 Å². The van der Waals surface area contributed by atoms with Crippen molar-refractivity contribution in [2.24, 2.45) is 5.92 Å². The van der Waals surface area contributed by atoms with Crippen molar-refractivity contribution in [1.29, 1.82) is 5.26 Å². The van der Waals surface area contributed by atoms with E-state index in [0.29, 0.717) is 29.3 Å². The van der Waals surface area contributed by atoms with Gasteiger partial charge in [0.25, 0.3) is 5.91 Å². The van der Waals surface area contributed by atoms with E-state index in [9.17, 15) is 19.6 Å². The van der Waals surface area contributed by atoms with Gasteiger partial charge in [-0.25, -0.2) is 4.79 Å². The molecule has 0 atom stereocenters. The highest BCUT2D eigenvalue weighted by molar-refractivity contribution is 7.16. The first-order valence-electron chi connectivity index (χ1n) is 10.5. The van der Waals surface area contributed by atoms with Gasteiger partial charge in [0.2, 0.25) is 5.91 Å². The van der Waals surface area contributed by atoms with Gasteiger partial charge in [-0.15, -0.1) is 11.3 Å². The molecule has 2 heterocycles. The monoisotopic (exact) mass is 414 g/mol. The van der Waals surface area contributed by atoms with Crippen molar-refractivity contribution < 1.29 is 14.4 Å². The lowest BCUT2D eigenvalue weighted by Crippen LogP contribution is -2.49. The molecule has 2 fully saturated rings. The fourth-order valence-corrected chi connectivity index (χ4v) is 6.08. The number of thiophene rings is 1. The normalized spacial score (nSPS) is 26.2. The predicted molar refractivity (Wildman–Crippen MR) is 110 cm³/mol. The van der Waals surface area contributed by atoms with Crippen LogP contribution in [0, 0.1) is 17.2 Å². The summed E-state index contributed by atoms with van der Waals surface area (Å²) < 4.78 is 0. The van der Waals surface area contributed by atoms with Gasteiger partial charge in [-0.1, -0.05) is 13.3 Å². The number of hydrogen-bond acceptors (Lipinski definition) is 5. The molecule has 0 aromatic carbocycles. The molecule has 1 saturated carbocycles. The molecule has 1 aromatic heterocycles. The Morgan fingerprint density at radius 2 is 2.03 bits per heavy atom. The molecule has 0 radical (unpaired) electrons. The van der Waals surface area contributed by atoms with E-state index in [4.69, 9.17) is 0 Å². The van der Waals surface area contributed by atoms with Crippen molar-refractivity contribution in [1.82, 2.24) is 10.2 Å². The molecular weight excluding hydrogens is 388 g/mol. The van der Waals surface area contributed by atoms with Gasteiger partial charge in [0.05, 0.1) is 5.56 Å². The first kappa shape index (κ1) is 19.9. The summed E-state index contributed by atoms with van der Waals surface area (Å²) in [6.45, 7) is 1.82.